The quantitative estimate of drug-likeness (QED) is 0.546. The molecule has 1 aliphatic heterocycles. The lowest BCUT2D eigenvalue weighted by atomic mass is 10.0. The fraction of sp³-hybridized carbons (Fsp3) is 0.308. The molecule has 7 heteroatoms. The maximum Gasteiger partial charge on any atom is 0.243 e. The minimum atomic E-state index is -3.44. The number of benzene rings is 2. The highest BCUT2D eigenvalue weighted by Crippen LogP contribution is 2.22. The first kappa shape index (κ1) is 23.1. The Morgan fingerprint density at radius 3 is 2.27 bits per heavy atom. The van der Waals surface area contributed by atoms with Crippen LogP contribution < -0.4 is 5.32 Å². The molecule has 1 saturated heterocycles. The van der Waals surface area contributed by atoms with E-state index < -0.39 is 10.0 Å². The zero-order valence-electron chi connectivity index (χ0n) is 18.6. The predicted molar refractivity (Wildman–Crippen MR) is 128 cm³/mol. The van der Waals surface area contributed by atoms with Crippen molar-refractivity contribution in [3.05, 3.63) is 95.8 Å². The van der Waals surface area contributed by atoms with Crippen molar-refractivity contribution in [3.63, 3.8) is 0 Å². The van der Waals surface area contributed by atoms with Crippen LogP contribution in [0.2, 0.25) is 0 Å². The van der Waals surface area contributed by atoms with Gasteiger partial charge in [0.15, 0.2) is 0 Å². The van der Waals surface area contributed by atoms with Gasteiger partial charge in [-0.1, -0.05) is 55.0 Å². The third-order valence-corrected chi connectivity index (χ3v) is 7.85. The van der Waals surface area contributed by atoms with Crippen LogP contribution in [0, 0.1) is 0 Å². The molecule has 0 spiro atoms. The molecule has 1 aromatic heterocycles. The number of carbonyl (C=O) groups excluding carboxylic acids is 1. The zero-order valence-corrected chi connectivity index (χ0v) is 19.4. The second-order valence-corrected chi connectivity index (χ2v) is 10.2. The highest BCUT2D eigenvalue weighted by atomic mass is 32.2. The number of aromatic nitrogens is 1. The second-order valence-electron chi connectivity index (χ2n) is 8.27. The molecule has 4 rings (SSSR count). The van der Waals surface area contributed by atoms with Gasteiger partial charge in [0.2, 0.25) is 15.9 Å². The van der Waals surface area contributed by atoms with Crippen molar-refractivity contribution < 1.29 is 13.2 Å². The summed E-state index contributed by atoms with van der Waals surface area (Å²) < 4.78 is 27.2. The zero-order chi connectivity index (χ0) is 23.1. The highest BCUT2D eigenvalue weighted by molar-refractivity contribution is 7.89. The van der Waals surface area contributed by atoms with Gasteiger partial charge in [0.05, 0.1) is 16.6 Å². The molecule has 2 heterocycles. The smallest absolute Gasteiger partial charge is 0.243 e. The van der Waals surface area contributed by atoms with Gasteiger partial charge in [-0.15, -0.1) is 0 Å². The van der Waals surface area contributed by atoms with Crippen LogP contribution in [-0.4, -0.2) is 36.7 Å². The van der Waals surface area contributed by atoms with Crippen LogP contribution in [0.4, 0.5) is 0 Å². The van der Waals surface area contributed by atoms with E-state index in [4.69, 9.17) is 0 Å². The van der Waals surface area contributed by atoms with E-state index in [2.05, 4.69) is 10.3 Å². The summed E-state index contributed by atoms with van der Waals surface area (Å²) in [6, 6.07) is 22.0. The van der Waals surface area contributed by atoms with Gasteiger partial charge < -0.3 is 5.32 Å². The maximum atomic E-state index is 12.8. The minimum absolute atomic E-state index is 0.0838. The summed E-state index contributed by atoms with van der Waals surface area (Å²) in [5.74, 6) is -0.0838. The van der Waals surface area contributed by atoms with E-state index in [0.29, 0.717) is 30.8 Å². The Bertz CT molecular complexity index is 1100. The van der Waals surface area contributed by atoms with Gasteiger partial charge in [-0.3, -0.25) is 9.78 Å². The standard InChI is InChI=1S/C26H29N3O3S/c30-25(28-26(22-9-3-1-4-10-22)24-11-5-6-18-27-24)17-14-21-12-15-23(16-13-21)33(31,32)29-19-7-2-8-20-29/h1,3-6,9-13,15-16,18,26H,2,7-8,14,17,19-20H2,(H,28,30). The van der Waals surface area contributed by atoms with E-state index in [1.54, 1.807) is 34.8 Å². The van der Waals surface area contributed by atoms with Gasteiger partial charge in [-0.05, 0) is 54.7 Å². The van der Waals surface area contributed by atoms with Crippen LogP contribution in [0.15, 0.2) is 83.9 Å². The number of rotatable bonds is 8. The molecule has 0 aliphatic carbocycles. The molecule has 1 N–H and O–H groups in total. The number of nitrogens with zero attached hydrogens (tertiary/aromatic N) is 2. The Morgan fingerprint density at radius 1 is 0.909 bits per heavy atom. The van der Waals surface area contributed by atoms with Crippen LogP contribution in [0.3, 0.4) is 0 Å². The van der Waals surface area contributed by atoms with E-state index in [9.17, 15) is 13.2 Å². The number of hydrogen-bond acceptors (Lipinski definition) is 4. The lowest BCUT2D eigenvalue weighted by molar-refractivity contribution is -0.121. The molecule has 1 unspecified atom stereocenters. The van der Waals surface area contributed by atoms with Gasteiger partial charge >= 0.3 is 0 Å². The summed E-state index contributed by atoms with van der Waals surface area (Å²) in [7, 11) is -3.44. The number of nitrogens with one attached hydrogen (secondary N) is 1. The first-order valence-electron chi connectivity index (χ1n) is 11.4. The number of amides is 1. The third kappa shape index (κ3) is 5.86. The van der Waals surface area contributed by atoms with Crippen molar-refractivity contribution in [1.82, 2.24) is 14.6 Å². The Morgan fingerprint density at radius 2 is 1.61 bits per heavy atom. The Kier molecular flexibility index (Phi) is 7.52. The SMILES string of the molecule is O=C(CCc1ccc(S(=O)(=O)N2CCCCC2)cc1)NC(c1ccccc1)c1ccccn1. The first-order chi connectivity index (χ1) is 16.0. The molecule has 172 valence electrons. The molecular formula is C26H29N3O3S. The molecule has 0 saturated carbocycles. The first-order valence-corrected chi connectivity index (χ1v) is 12.8. The molecule has 2 aromatic carbocycles. The molecule has 0 bridgehead atoms. The van der Waals surface area contributed by atoms with Gasteiger partial charge in [-0.2, -0.15) is 4.31 Å². The van der Waals surface area contributed by atoms with E-state index in [0.717, 1.165) is 36.1 Å². The molecule has 1 fully saturated rings. The predicted octanol–water partition coefficient (Wildman–Crippen LogP) is 4.09. The summed E-state index contributed by atoms with van der Waals surface area (Å²) >= 11 is 0. The van der Waals surface area contributed by atoms with Crippen molar-refractivity contribution >= 4 is 15.9 Å². The number of piperidine rings is 1. The van der Waals surface area contributed by atoms with Gasteiger partial charge in [0.1, 0.15) is 0 Å². The molecule has 1 atom stereocenters. The third-order valence-electron chi connectivity index (χ3n) is 5.94. The lowest BCUT2D eigenvalue weighted by Gasteiger charge is -2.25. The summed E-state index contributed by atoms with van der Waals surface area (Å²) in [6.45, 7) is 1.17. The second kappa shape index (κ2) is 10.7. The molecule has 0 radical (unpaired) electrons. The van der Waals surface area contributed by atoms with E-state index >= 15 is 0 Å². The van der Waals surface area contributed by atoms with Crippen LogP contribution in [-0.2, 0) is 21.2 Å². The van der Waals surface area contributed by atoms with Crippen molar-refractivity contribution in [2.24, 2.45) is 0 Å². The van der Waals surface area contributed by atoms with Gasteiger partial charge in [-0.25, -0.2) is 8.42 Å². The number of carbonyl (C=O) groups is 1. The Hall–Kier alpha value is -3.03. The normalized spacial score (nSPS) is 15.6. The topological polar surface area (TPSA) is 79.4 Å². The molecule has 1 aliphatic rings. The molecular weight excluding hydrogens is 434 g/mol. The summed E-state index contributed by atoms with van der Waals surface area (Å²) in [4.78, 5) is 17.5. The van der Waals surface area contributed by atoms with E-state index in [1.807, 2.05) is 48.5 Å². The van der Waals surface area contributed by atoms with Crippen LogP contribution in [0.25, 0.3) is 0 Å². The number of aryl methyl sites for hydroxylation is 1. The fourth-order valence-electron chi connectivity index (χ4n) is 4.09. The van der Waals surface area contributed by atoms with Crippen LogP contribution >= 0.6 is 0 Å². The highest BCUT2D eigenvalue weighted by Gasteiger charge is 2.25. The maximum absolute atomic E-state index is 12.8. The lowest BCUT2D eigenvalue weighted by Crippen LogP contribution is -2.35. The average molecular weight is 464 g/mol. The van der Waals surface area contributed by atoms with Crippen molar-refractivity contribution in [1.29, 1.82) is 0 Å². The summed E-state index contributed by atoms with van der Waals surface area (Å²) in [5, 5.41) is 3.09. The summed E-state index contributed by atoms with van der Waals surface area (Å²) in [6.07, 6.45) is 5.45. The molecule has 6 nitrogen and oxygen atoms in total. The summed E-state index contributed by atoms with van der Waals surface area (Å²) in [5.41, 5.74) is 2.68. The van der Waals surface area contributed by atoms with Crippen molar-refractivity contribution in [3.8, 4) is 0 Å². The Balaban J connectivity index is 1.39. The Labute approximate surface area is 195 Å². The average Bonchev–Trinajstić information content (AvgIpc) is 2.88. The van der Waals surface area contributed by atoms with Gasteiger partial charge in [0.25, 0.3) is 0 Å². The molecule has 33 heavy (non-hydrogen) atoms. The van der Waals surface area contributed by atoms with Crippen LogP contribution in [0.5, 0.6) is 0 Å². The molecule has 1 amide bonds. The number of pyridine rings is 1. The largest absolute Gasteiger partial charge is 0.344 e. The van der Waals surface area contributed by atoms with Gasteiger partial charge in [0, 0.05) is 25.7 Å². The monoisotopic (exact) mass is 463 g/mol. The van der Waals surface area contributed by atoms with Crippen LogP contribution in [0.1, 0.15) is 48.5 Å². The fourth-order valence-corrected chi connectivity index (χ4v) is 5.61. The minimum Gasteiger partial charge on any atom is -0.344 e. The number of sulfonamides is 1. The van der Waals surface area contributed by atoms with Crippen molar-refractivity contribution in [2.45, 2.75) is 43.0 Å². The number of hydrogen-bond donors (Lipinski definition) is 1. The molecule has 3 aromatic rings. The van der Waals surface area contributed by atoms with E-state index in [1.165, 1.54) is 0 Å². The van der Waals surface area contributed by atoms with E-state index in [-0.39, 0.29) is 11.9 Å². The van der Waals surface area contributed by atoms with Crippen molar-refractivity contribution in [2.75, 3.05) is 13.1 Å².